The van der Waals surface area contributed by atoms with Crippen LogP contribution >= 0.6 is 35.0 Å². The van der Waals surface area contributed by atoms with E-state index in [4.69, 9.17) is 29.0 Å². The number of nitrogens with one attached hydrogen (secondary N) is 1. The van der Waals surface area contributed by atoms with Gasteiger partial charge in [0.1, 0.15) is 0 Å². The number of hydrogen-bond donors (Lipinski definition) is 2. The zero-order valence-electron chi connectivity index (χ0n) is 14.8. The topological polar surface area (TPSA) is 104 Å². The van der Waals surface area contributed by atoms with E-state index < -0.39 is 5.25 Å². The van der Waals surface area contributed by atoms with Gasteiger partial charge in [-0.1, -0.05) is 35.0 Å². The first-order valence-corrected chi connectivity index (χ1v) is 9.56. The van der Waals surface area contributed by atoms with E-state index in [-0.39, 0.29) is 5.91 Å². The third-order valence-corrected chi connectivity index (χ3v) is 5.30. The van der Waals surface area contributed by atoms with Crippen LogP contribution in [0.4, 0.5) is 5.69 Å². The molecular formula is C16H17Cl2N7OS. The lowest BCUT2D eigenvalue weighted by Crippen LogP contribution is -2.24. The number of aromatic nitrogens is 5. The van der Waals surface area contributed by atoms with Crippen molar-refractivity contribution in [2.24, 2.45) is 0 Å². The molecule has 0 aliphatic carbocycles. The molecule has 8 nitrogen and oxygen atoms in total. The molecule has 1 unspecified atom stereocenters. The number of thioether (sulfide) groups is 1. The predicted octanol–water partition coefficient (Wildman–Crippen LogP) is 3.22. The van der Waals surface area contributed by atoms with Crippen LogP contribution in [0.1, 0.15) is 18.3 Å². The SMILES string of the molecule is Cc1cc(C)n(-c2nnc(SC(C)C(=O)Nc3cc(Cl)ccc3Cl)n2N)n1. The number of hydrogen-bond acceptors (Lipinski definition) is 6. The number of rotatable bonds is 5. The average molecular weight is 426 g/mol. The fourth-order valence-electron chi connectivity index (χ4n) is 2.36. The van der Waals surface area contributed by atoms with Crippen LogP contribution in [0.3, 0.4) is 0 Å². The number of benzene rings is 1. The van der Waals surface area contributed by atoms with Gasteiger partial charge in [-0.2, -0.15) is 5.10 Å². The second-order valence-corrected chi connectivity index (χ2v) is 8.02. The van der Waals surface area contributed by atoms with Crippen molar-refractivity contribution in [3.05, 3.63) is 45.7 Å². The van der Waals surface area contributed by atoms with Gasteiger partial charge >= 0.3 is 0 Å². The third-order valence-electron chi connectivity index (χ3n) is 3.68. The lowest BCUT2D eigenvalue weighted by Gasteiger charge is -2.12. The van der Waals surface area contributed by atoms with Gasteiger partial charge in [-0.05, 0) is 45.0 Å². The van der Waals surface area contributed by atoms with Gasteiger partial charge in [-0.25, -0.2) is 9.36 Å². The van der Waals surface area contributed by atoms with Crippen molar-refractivity contribution in [3.8, 4) is 5.95 Å². The van der Waals surface area contributed by atoms with Crippen molar-refractivity contribution >= 4 is 46.6 Å². The summed E-state index contributed by atoms with van der Waals surface area (Å²) in [6.45, 7) is 5.51. The molecule has 0 fully saturated rings. The molecule has 3 N–H and O–H groups in total. The lowest BCUT2D eigenvalue weighted by atomic mass is 10.3. The summed E-state index contributed by atoms with van der Waals surface area (Å²) in [5, 5.41) is 16.0. The summed E-state index contributed by atoms with van der Waals surface area (Å²) in [5.74, 6) is 6.20. The Balaban J connectivity index is 1.74. The fourth-order valence-corrected chi connectivity index (χ4v) is 3.47. The molecule has 1 aromatic carbocycles. The van der Waals surface area contributed by atoms with E-state index in [9.17, 15) is 4.79 Å². The van der Waals surface area contributed by atoms with Gasteiger partial charge in [-0.3, -0.25) is 4.79 Å². The maximum Gasteiger partial charge on any atom is 0.271 e. The Morgan fingerprint density at radius 1 is 1.26 bits per heavy atom. The maximum absolute atomic E-state index is 12.5. The Morgan fingerprint density at radius 2 is 2.00 bits per heavy atom. The Bertz CT molecular complexity index is 1000. The van der Waals surface area contributed by atoms with Crippen LogP contribution in [0.15, 0.2) is 29.4 Å². The standard InChI is InChI=1S/C16H17Cl2N7OS/c1-8-6-9(2)25(23-8)15-21-22-16(24(15)19)27-10(3)14(26)20-13-7-11(17)4-5-12(13)18/h4-7,10H,19H2,1-3H3,(H,20,26). The van der Waals surface area contributed by atoms with E-state index in [1.54, 1.807) is 29.8 Å². The summed E-state index contributed by atoms with van der Waals surface area (Å²) in [4.78, 5) is 12.5. The highest BCUT2D eigenvalue weighted by Gasteiger charge is 2.21. The minimum atomic E-state index is -0.500. The molecule has 0 saturated heterocycles. The molecule has 1 amide bonds. The monoisotopic (exact) mass is 425 g/mol. The van der Waals surface area contributed by atoms with Crippen molar-refractivity contribution in [3.63, 3.8) is 0 Å². The molecule has 3 rings (SSSR count). The highest BCUT2D eigenvalue weighted by atomic mass is 35.5. The Hall–Kier alpha value is -2.23. The molecule has 0 aliphatic heterocycles. The first kappa shape index (κ1) is 19.5. The number of carbonyl (C=O) groups is 1. The molecule has 27 heavy (non-hydrogen) atoms. The van der Waals surface area contributed by atoms with Crippen LogP contribution in [0.2, 0.25) is 10.0 Å². The first-order chi connectivity index (χ1) is 12.8. The zero-order valence-corrected chi connectivity index (χ0v) is 17.1. The number of nitrogens with zero attached hydrogens (tertiary/aromatic N) is 5. The molecular weight excluding hydrogens is 409 g/mol. The van der Waals surface area contributed by atoms with Crippen LogP contribution in [0.5, 0.6) is 0 Å². The summed E-state index contributed by atoms with van der Waals surface area (Å²) in [6.07, 6.45) is 0. The summed E-state index contributed by atoms with van der Waals surface area (Å²) in [5.41, 5.74) is 2.17. The minimum Gasteiger partial charge on any atom is -0.334 e. The highest BCUT2D eigenvalue weighted by molar-refractivity contribution is 8.00. The molecule has 11 heteroatoms. The summed E-state index contributed by atoms with van der Waals surface area (Å²) in [6, 6.07) is 6.77. The first-order valence-electron chi connectivity index (χ1n) is 7.93. The number of aryl methyl sites for hydroxylation is 2. The van der Waals surface area contributed by atoms with Crippen molar-refractivity contribution in [1.82, 2.24) is 24.7 Å². The smallest absolute Gasteiger partial charge is 0.271 e. The number of amides is 1. The van der Waals surface area contributed by atoms with E-state index in [1.807, 2.05) is 19.9 Å². The highest BCUT2D eigenvalue weighted by Crippen LogP contribution is 2.28. The second kappa shape index (κ2) is 7.79. The Kier molecular flexibility index (Phi) is 5.64. The van der Waals surface area contributed by atoms with Crippen LogP contribution < -0.4 is 11.2 Å². The molecule has 1 atom stereocenters. The molecule has 0 aliphatic rings. The number of carbonyl (C=O) groups excluding carboxylic acids is 1. The zero-order chi connectivity index (χ0) is 19.7. The van der Waals surface area contributed by atoms with Crippen LogP contribution in [-0.2, 0) is 4.79 Å². The quantitative estimate of drug-likeness (QED) is 0.480. The predicted molar refractivity (Wildman–Crippen MR) is 107 cm³/mol. The van der Waals surface area contributed by atoms with E-state index in [0.29, 0.717) is 26.8 Å². The van der Waals surface area contributed by atoms with Gasteiger partial charge in [0.2, 0.25) is 11.1 Å². The van der Waals surface area contributed by atoms with Gasteiger partial charge in [0.15, 0.2) is 0 Å². The van der Waals surface area contributed by atoms with Crippen molar-refractivity contribution in [2.75, 3.05) is 11.2 Å². The summed E-state index contributed by atoms with van der Waals surface area (Å²) >= 11 is 13.2. The van der Waals surface area contributed by atoms with Crippen molar-refractivity contribution in [1.29, 1.82) is 0 Å². The normalized spacial score (nSPS) is 12.2. The molecule has 0 bridgehead atoms. The second-order valence-electron chi connectivity index (χ2n) is 5.86. The number of nitrogen functional groups attached to an aromatic ring is 1. The van der Waals surface area contributed by atoms with Gasteiger partial charge < -0.3 is 11.2 Å². The fraction of sp³-hybridized carbons (Fsp3) is 0.250. The number of halogens is 2. The molecule has 0 radical (unpaired) electrons. The molecule has 2 aromatic heterocycles. The van der Waals surface area contributed by atoms with Crippen molar-refractivity contribution < 1.29 is 4.79 Å². The maximum atomic E-state index is 12.5. The molecule has 0 saturated carbocycles. The van der Waals surface area contributed by atoms with Gasteiger partial charge in [-0.15, -0.1) is 10.2 Å². The third kappa shape index (κ3) is 4.20. The summed E-state index contributed by atoms with van der Waals surface area (Å²) in [7, 11) is 0. The van der Waals surface area contributed by atoms with E-state index in [0.717, 1.165) is 11.4 Å². The van der Waals surface area contributed by atoms with Gasteiger partial charge in [0.25, 0.3) is 5.95 Å². The van der Waals surface area contributed by atoms with Gasteiger partial charge in [0, 0.05) is 10.7 Å². The van der Waals surface area contributed by atoms with E-state index in [2.05, 4.69) is 20.6 Å². The van der Waals surface area contributed by atoms with E-state index in [1.165, 1.54) is 16.4 Å². The van der Waals surface area contributed by atoms with Crippen LogP contribution in [0, 0.1) is 13.8 Å². The van der Waals surface area contributed by atoms with Crippen molar-refractivity contribution in [2.45, 2.75) is 31.2 Å². The van der Waals surface area contributed by atoms with Gasteiger partial charge in [0.05, 0.1) is 21.7 Å². The molecule has 142 valence electrons. The Labute approximate surface area is 170 Å². The average Bonchev–Trinajstić information content (AvgIpc) is 3.12. The molecule has 0 spiro atoms. The molecule has 2 heterocycles. The number of nitrogens with two attached hydrogens (primary N) is 1. The number of anilines is 1. The lowest BCUT2D eigenvalue weighted by molar-refractivity contribution is -0.115. The van der Waals surface area contributed by atoms with Crippen LogP contribution in [-0.4, -0.2) is 35.8 Å². The van der Waals surface area contributed by atoms with E-state index >= 15 is 0 Å². The molecule has 3 aromatic rings. The minimum absolute atomic E-state index is 0.264. The largest absolute Gasteiger partial charge is 0.334 e. The summed E-state index contributed by atoms with van der Waals surface area (Å²) < 4.78 is 2.91. The van der Waals surface area contributed by atoms with Crippen LogP contribution in [0.25, 0.3) is 5.95 Å². The Morgan fingerprint density at radius 3 is 2.67 bits per heavy atom.